The summed E-state index contributed by atoms with van der Waals surface area (Å²) in [7, 11) is 0. The van der Waals surface area contributed by atoms with Gasteiger partial charge in [-0.2, -0.15) is 0 Å². The van der Waals surface area contributed by atoms with Crippen LogP contribution >= 0.6 is 15.9 Å². The normalized spacial score (nSPS) is 19.0. The van der Waals surface area contributed by atoms with Gasteiger partial charge in [-0.05, 0) is 47.3 Å². The van der Waals surface area contributed by atoms with Gasteiger partial charge < -0.3 is 10.8 Å². The Kier molecular flexibility index (Phi) is 2.97. The molecular formula is C12H15BrFNO. The average Bonchev–Trinajstić information content (AvgIpc) is 2.68. The van der Waals surface area contributed by atoms with Gasteiger partial charge in [0.15, 0.2) is 11.6 Å². The number of phenols is 1. The van der Waals surface area contributed by atoms with Gasteiger partial charge in [-0.25, -0.2) is 4.39 Å². The van der Waals surface area contributed by atoms with Crippen molar-refractivity contribution in [2.45, 2.75) is 38.1 Å². The third-order valence-electron chi connectivity index (χ3n) is 3.39. The molecule has 1 saturated carbocycles. The second-order valence-electron chi connectivity index (χ2n) is 4.58. The lowest BCUT2D eigenvalue weighted by atomic mass is 9.88. The van der Waals surface area contributed by atoms with Gasteiger partial charge in [0.1, 0.15) is 0 Å². The largest absolute Gasteiger partial charge is 0.504 e. The maximum Gasteiger partial charge on any atom is 0.171 e. The van der Waals surface area contributed by atoms with Crippen LogP contribution in [0.5, 0.6) is 5.75 Å². The van der Waals surface area contributed by atoms with Gasteiger partial charge in [-0.15, -0.1) is 0 Å². The molecule has 0 atom stereocenters. The van der Waals surface area contributed by atoms with Crippen molar-refractivity contribution in [3.8, 4) is 5.75 Å². The number of hydrogen-bond donors (Lipinski definition) is 2. The van der Waals surface area contributed by atoms with Crippen LogP contribution < -0.4 is 5.73 Å². The number of benzene rings is 1. The second-order valence-corrected chi connectivity index (χ2v) is 5.37. The summed E-state index contributed by atoms with van der Waals surface area (Å²) in [6, 6.07) is 1.74. The fourth-order valence-corrected chi connectivity index (χ4v) is 2.68. The predicted molar refractivity (Wildman–Crippen MR) is 64.8 cm³/mol. The molecule has 0 radical (unpaired) electrons. The molecule has 0 amide bonds. The van der Waals surface area contributed by atoms with E-state index in [-0.39, 0.29) is 5.75 Å². The van der Waals surface area contributed by atoms with Crippen LogP contribution in [-0.4, -0.2) is 5.11 Å². The minimum atomic E-state index is -0.604. The molecule has 0 aromatic heterocycles. The van der Waals surface area contributed by atoms with Gasteiger partial charge in [-0.1, -0.05) is 12.8 Å². The fourth-order valence-electron chi connectivity index (χ4n) is 2.39. The Morgan fingerprint density at radius 2 is 2.00 bits per heavy atom. The molecule has 1 aliphatic rings. The molecule has 1 fully saturated rings. The van der Waals surface area contributed by atoms with Crippen molar-refractivity contribution in [1.82, 2.24) is 0 Å². The van der Waals surface area contributed by atoms with Crippen molar-refractivity contribution in [1.29, 1.82) is 0 Å². The van der Waals surface area contributed by atoms with Crippen LogP contribution in [0, 0.1) is 12.7 Å². The second kappa shape index (κ2) is 4.00. The van der Waals surface area contributed by atoms with E-state index in [1.165, 1.54) is 0 Å². The minimum Gasteiger partial charge on any atom is -0.504 e. The molecule has 88 valence electrons. The monoisotopic (exact) mass is 287 g/mol. The molecule has 0 spiro atoms. The minimum absolute atomic E-state index is 0.327. The summed E-state index contributed by atoms with van der Waals surface area (Å²) in [5.74, 6) is -0.909. The third-order valence-corrected chi connectivity index (χ3v) is 4.39. The fraction of sp³-hybridized carbons (Fsp3) is 0.500. The van der Waals surface area contributed by atoms with Gasteiger partial charge in [0, 0.05) is 11.1 Å². The van der Waals surface area contributed by atoms with Crippen LogP contribution in [0.4, 0.5) is 4.39 Å². The Labute approximate surface area is 103 Å². The molecule has 2 nitrogen and oxygen atoms in total. The Morgan fingerprint density at radius 3 is 2.56 bits per heavy atom. The Bertz CT molecular complexity index is 428. The number of halogens is 2. The molecule has 0 bridgehead atoms. The zero-order chi connectivity index (χ0) is 11.9. The van der Waals surface area contributed by atoms with E-state index in [1.807, 2.05) is 6.92 Å². The highest BCUT2D eigenvalue weighted by molar-refractivity contribution is 9.10. The first-order chi connectivity index (χ1) is 7.46. The van der Waals surface area contributed by atoms with Crippen LogP contribution in [0.2, 0.25) is 0 Å². The lowest BCUT2D eigenvalue weighted by Gasteiger charge is -2.26. The smallest absolute Gasteiger partial charge is 0.171 e. The van der Waals surface area contributed by atoms with Crippen molar-refractivity contribution < 1.29 is 9.50 Å². The lowest BCUT2D eigenvalue weighted by molar-refractivity contribution is 0.391. The Morgan fingerprint density at radius 1 is 1.44 bits per heavy atom. The van der Waals surface area contributed by atoms with Crippen molar-refractivity contribution in [3.63, 3.8) is 0 Å². The maximum atomic E-state index is 14.0. The van der Waals surface area contributed by atoms with Crippen molar-refractivity contribution >= 4 is 15.9 Å². The zero-order valence-corrected chi connectivity index (χ0v) is 10.8. The zero-order valence-electron chi connectivity index (χ0n) is 9.19. The van der Waals surface area contributed by atoms with Gasteiger partial charge in [0.25, 0.3) is 0 Å². The van der Waals surface area contributed by atoms with Gasteiger partial charge in [0.05, 0.1) is 4.47 Å². The first kappa shape index (κ1) is 11.9. The van der Waals surface area contributed by atoms with Crippen LogP contribution in [0.25, 0.3) is 0 Å². The maximum absolute atomic E-state index is 14.0. The Hall–Kier alpha value is -0.610. The van der Waals surface area contributed by atoms with E-state index in [1.54, 1.807) is 6.07 Å². The van der Waals surface area contributed by atoms with Crippen LogP contribution in [-0.2, 0) is 5.54 Å². The molecule has 3 N–H and O–H groups in total. The topological polar surface area (TPSA) is 46.2 Å². The highest BCUT2D eigenvalue weighted by atomic mass is 79.9. The SMILES string of the molecule is Cc1cc(C2(N)CCCC2)c(F)c(O)c1Br. The summed E-state index contributed by atoms with van der Waals surface area (Å²) in [6.45, 7) is 1.82. The summed E-state index contributed by atoms with van der Waals surface area (Å²) >= 11 is 3.16. The molecule has 0 aliphatic heterocycles. The van der Waals surface area contributed by atoms with E-state index in [9.17, 15) is 9.50 Å². The number of rotatable bonds is 1. The first-order valence-corrected chi connectivity index (χ1v) is 6.22. The molecule has 4 heteroatoms. The van der Waals surface area contributed by atoms with E-state index < -0.39 is 11.4 Å². The summed E-state index contributed by atoms with van der Waals surface area (Å²) in [4.78, 5) is 0. The highest BCUT2D eigenvalue weighted by Crippen LogP contribution is 2.42. The molecule has 0 unspecified atom stereocenters. The quantitative estimate of drug-likeness (QED) is 0.832. The number of hydrogen-bond acceptors (Lipinski definition) is 2. The van der Waals surface area contributed by atoms with Crippen LogP contribution in [0.1, 0.15) is 36.8 Å². The summed E-state index contributed by atoms with van der Waals surface area (Å²) in [5.41, 5.74) is 6.86. The first-order valence-electron chi connectivity index (χ1n) is 5.42. The predicted octanol–water partition coefficient (Wildman–Crippen LogP) is 3.33. The van der Waals surface area contributed by atoms with E-state index in [0.717, 1.165) is 31.2 Å². The van der Waals surface area contributed by atoms with Crippen molar-refractivity contribution in [2.75, 3.05) is 0 Å². The number of aromatic hydroxyl groups is 1. The average molecular weight is 288 g/mol. The van der Waals surface area contributed by atoms with Crippen LogP contribution in [0.15, 0.2) is 10.5 Å². The Balaban J connectivity index is 2.57. The standard InChI is InChI=1S/C12H15BrFNO/c1-7-6-8(10(14)11(16)9(7)13)12(15)4-2-3-5-12/h6,16H,2-5,15H2,1H3. The van der Waals surface area contributed by atoms with Crippen LogP contribution in [0.3, 0.4) is 0 Å². The van der Waals surface area contributed by atoms with E-state index in [0.29, 0.717) is 10.0 Å². The van der Waals surface area contributed by atoms with Gasteiger partial charge >= 0.3 is 0 Å². The molecule has 2 rings (SSSR count). The van der Waals surface area contributed by atoms with Gasteiger partial charge in [-0.3, -0.25) is 0 Å². The summed E-state index contributed by atoms with van der Waals surface area (Å²) in [5, 5.41) is 9.67. The number of phenolic OH excluding ortho intramolecular Hbond substituents is 1. The molecule has 1 aromatic carbocycles. The molecule has 16 heavy (non-hydrogen) atoms. The highest BCUT2D eigenvalue weighted by Gasteiger charge is 2.35. The molecule has 0 saturated heterocycles. The number of nitrogens with two attached hydrogens (primary N) is 1. The number of aryl methyl sites for hydroxylation is 1. The van der Waals surface area contributed by atoms with E-state index in [4.69, 9.17) is 5.73 Å². The van der Waals surface area contributed by atoms with Gasteiger partial charge in [0.2, 0.25) is 0 Å². The third kappa shape index (κ3) is 1.74. The van der Waals surface area contributed by atoms with Crippen molar-refractivity contribution in [3.05, 3.63) is 27.5 Å². The molecular weight excluding hydrogens is 273 g/mol. The summed E-state index contributed by atoms with van der Waals surface area (Å²) in [6.07, 6.45) is 3.60. The van der Waals surface area contributed by atoms with E-state index >= 15 is 0 Å². The molecule has 1 aliphatic carbocycles. The summed E-state index contributed by atoms with van der Waals surface area (Å²) < 4.78 is 14.4. The molecule has 1 aromatic rings. The molecule has 0 heterocycles. The van der Waals surface area contributed by atoms with E-state index in [2.05, 4.69) is 15.9 Å². The van der Waals surface area contributed by atoms with Crippen molar-refractivity contribution in [2.24, 2.45) is 5.73 Å². The lowest BCUT2D eigenvalue weighted by Crippen LogP contribution is -2.34.